The zero-order chi connectivity index (χ0) is 15.8. The van der Waals surface area contributed by atoms with Crippen LogP contribution in [0.15, 0.2) is 22.8 Å². The Balaban J connectivity index is 1.94. The van der Waals surface area contributed by atoms with Gasteiger partial charge >= 0.3 is 6.03 Å². The van der Waals surface area contributed by atoms with Crippen LogP contribution in [-0.2, 0) is 0 Å². The molecule has 0 spiro atoms. The Hall–Kier alpha value is -1.49. The van der Waals surface area contributed by atoms with E-state index in [4.69, 9.17) is 4.42 Å². The van der Waals surface area contributed by atoms with Gasteiger partial charge in [0.15, 0.2) is 0 Å². The molecule has 0 saturated carbocycles. The summed E-state index contributed by atoms with van der Waals surface area (Å²) in [6.07, 6.45) is 7.67. The Morgan fingerprint density at radius 2 is 2.05 bits per heavy atom. The van der Waals surface area contributed by atoms with E-state index < -0.39 is 0 Å². The van der Waals surface area contributed by atoms with Gasteiger partial charge in [-0.1, -0.05) is 19.8 Å². The lowest BCUT2D eigenvalue weighted by molar-refractivity contribution is 0.175. The standard InChI is InChI=1S/C17H29N3O2/c1-3-14(2)19-17(21)18-13-15(16-9-8-12-22-16)20-10-6-4-5-7-11-20/h8-9,12,14-15H,3-7,10-11,13H2,1-2H3,(H2,18,19,21). The van der Waals surface area contributed by atoms with E-state index in [2.05, 4.69) is 22.5 Å². The highest BCUT2D eigenvalue weighted by molar-refractivity contribution is 5.74. The molecule has 1 aromatic heterocycles. The summed E-state index contributed by atoms with van der Waals surface area (Å²) in [5, 5.41) is 5.95. The number of carbonyl (C=O) groups excluding carboxylic acids is 1. The minimum Gasteiger partial charge on any atom is -0.468 e. The molecule has 124 valence electrons. The van der Waals surface area contributed by atoms with Gasteiger partial charge in [-0.2, -0.15) is 0 Å². The Bertz CT molecular complexity index is 425. The highest BCUT2D eigenvalue weighted by Gasteiger charge is 2.24. The molecule has 1 aliphatic heterocycles. The van der Waals surface area contributed by atoms with Crippen LogP contribution in [0, 0.1) is 0 Å². The molecule has 2 unspecified atom stereocenters. The molecule has 22 heavy (non-hydrogen) atoms. The molecule has 2 atom stereocenters. The van der Waals surface area contributed by atoms with E-state index in [-0.39, 0.29) is 18.1 Å². The van der Waals surface area contributed by atoms with Crippen molar-refractivity contribution in [1.29, 1.82) is 0 Å². The van der Waals surface area contributed by atoms with Crippen molar-refractivity contribution in [2.45, 2.75) is 58.0 Å². The number of rotatable bonds is 6. The fourth-order valence-electron chi connectivity index (χ4n) is 2.86. The summed E-state index contributed by atoms with van der Waals surface area (Å²) in [7, 11) is 0. The molecule has 0 aliphatic carbocycles. The van der Waals surface area contributed by atoms with E-state index in [1.54, 1.807) is 6.26 Å². The number of urea groups is 1. The van der Waals surface area contributed by atoms with Crippen molar-refractivity contribution in [3.63, 3.8) is 0 Å². The van der Waals surface area contributed by atoms with Gasteiger partial charge in [0, 0.05) is 12.6 Å². The van der Waals surface area contributed by atoms with Crippen LogP contribution >= 0.6 is 0 Å². The third-order valence-corrected chi connectivity index (χ3v) is 4.40. The zero-order valence-corrected chi connectivity index (χ0v) is 13.8. The smallest absolute Gasteiger partial charge is 0.315 e. The zero-order valence-electron chi connectivity index (χ0n) is 13.8. The quantitative estimate of drug-likeness (QED) is 0.848. The monoisotopic (exact) mass is 307 g/mol. The Morgan fingerprint density at radius 1 is 1.32 bits per heavy atom. The molecule has 2 rings (SSSR count). The molecule has 1 fully saturated rings. The molecule has 5 heteroatoms. The Morgan fingerprint density at radius 3 is 2.64 bits per heavy atom. The van der Waals surface area contributed by atoms with Crippen molar-refractivity contribution < 1.29 is 9.21 Å². The second-order valence-electron chi connectivity index (χ2n) is 6.15. The fourth-order valence-corrected chi connectivity index (χ4v) is 2.86. The van der Waals surface area contributed by atoms with Crippen molar-refractivity contribution in [3.8, 4) is 0 Å². The first-order chi connectivity index (χ1) is 10.7. The number of nitrogens with one attached hydrogen (secondary N) is 2. The van der Waals surface area contributed by atoms with Crippen molar-refractivity contribution in [2.24, 2.45) is 0 Å². The lowest BCUT2D eigenvalue weighted by Crippen LogP contribution is -2.44. The molecule has 1 saturated heterocycles. The van der Waals surface area contributed by atoms with E-state index in [1.165, 1.54) is 25.7 Å². The second kappa shape index (κ2) is 8.83. The van der Waals surface area contributed by atoms with Crippen LogP contribution in [0.25, 0.3) is 0 Å². The minimum atomic E-state index is -0.0965. The predicted octanol–water partition coefficient (Wildman–Crippen LogP) is 3.29. The molecule has 0 bridgehead atoms. The SMILES string of the molecule is CCC(C)NC(=O)NCC(c1ccco1)N1CCCCCC1. The van der Waals surface area contributed by atoms with Gasteiger partial charge in [0.25, 0.3) is 0 Å². The first kappa shape index (κ1) is 16.9. The summed E-state index contributed by atoms with van der Waals surface area (Å²) in [6.45, 7) is 6.79. The summed E-state index contributed by atoms with van der Waals surface area (Å²) in [4.78, 5) is 14.4. The highest BCUT2D eigenvalue weighted by Crippen LogP contribution is 2.24. The van der Waals surface area contributed by atoms with Crippen molar-refractivity contribution in [1.82, 2.24) is 15.5 Å². The van der Waals surface area contributed by atoms with Gasteiger partial charge < -0.3 is 15.1 Å². The molecule has 5 nitrogen and oxygen atoms in total. The van der Waals surface area contributed by atoms with Crippen molar-refractivity contribution >= 4 is 6.03 Å². The summed E-state index contributed by atoms with van der Waals surface area (Å²) >= 11 is 0. The van der Waals surface area contributed by atoms with Gasteiger partial charge in [-0.05, 0) is 51.4 Å². The molecule has 2 heterocycles. The van der Waals surface area contributed by atoms with E-state index in [1.807, 2.05) is 19.1 Å². The molecule has 0 aromatic carbocycles. The van der Waals surface area contributed by atoms with E-state index >= 15 is 0 Å². The summed E-state index contributed by atoms with van der Waals surface area (Å²) < 4.78 is 5.61. The fraction of sp³-hybridized carbons (Fsp3) is 0.706. The maximum absolute atomic E-state index is 12.0. The minimum absolute atomic E-state index is 0.0965. The van der Waals surface area contributed by atoms with E-state index in [0.717, 1.165) is 25.3 Å². The second-order valence-corrected chi connectivity index (χ2v) is 6.15. The normalized spacial score (nSPS) is 19.2. The molecular formula is C17H29N3O2. The van der Waals surface area contributed by atoms with E-state index in [9.17, 15) is 4.79 Å². The third-order valence-electron chi connectivity index (χ3n) is 4.40. The van der Waals surface area contributed by atoms with Gasteiger partial charge in [-0.3, -0.25) is 4.90 Å². The molecule has 2 N–H and O–H groups in total. The van der Waals surface area contributed by atoms with Crippen molar-refractivity contribution in [3.05, 3.63) is 24.2 Å². The van der Waals surface area contributed by atoms with Crippen molar-refractivity contribution in [2.75, 3.05) is 19.6 Å². The van der Waals surface area contributed by atoms with Crippen LogP contribution < -0.4 is 10.6 Å². The number of likely N-dealkylation sites (tertiary alicyclic amines) is 1. The van der Waals surface area contributed by atoms with Crippen LogP contribution in [0.4, 0.5) is 4.79 Å². The number of hydrogen-bond donors (Lipinski definition) is 2. The van der Waals surface area contributed by atoms with Crippen LogP contribution in [-0.4, -0.2) is 36.6 Å². The first-order valence-corrected chi connectivity index (χ1v) is 8.52. The Kier molecular flexibility index (Phi) is 6.77. The number of furan rings is 1. The summed E-state index contributed by atoms with van der Waals surface area (Å²) in [5.41, 5.74) is 0. The van der Waals surface area contributed by atoms with Gasteiger partial charge in [0.05, 0.1) is 12.3 Å². The number of nitrogens with zero attached hydrogens (tertiary/aromatic N) is 1. The average molecular weight is 307 g/mol. The average Bonchev–Trinajstić information content (AvgIpc) is 2.90. The molecule has 0 radical (unpaired) electrons. The maximum Gasteiger partial charge on any atom is 0.315 e. The van der Waals surface area contributed by atoms with Crippen LogP contribution in [0.5, 0.6) is 0 Å². The molecule has 1 aromatic rings. The first-order valence-electron chi connectivity index (χ1n) is 8.52. The topological polar surface area (TPSA) is 57.5 Å². The number of amides is 2. The summed E-state index contributed by atoms with van der Waals surface area (Å²) in [6, 6.07) is 4.14. The van der Waals surface area contributed by atoms with Gasteiger partial charge in [0.2, 0.25) is 0 Å². The molecule has 2 amide bonds. The van der Waals surface area contributed by atoms with E-state index in [0.29, 0.717) is 6.54 Å². The summed E-state index contributed by atoms with van der Waals surface area (Å²) in [5.74, 6) is 0.936. The highest BCUT2D eigenvalue weighted by atomic mass is 16.3. The van der Waals surface area contributed by atoms with Gasteiger partial charge in [-0.25, -0.2) is 4.79 Å². The van der Waals surface area contributed by atoms with Crippen LogP contribution in [0.2, 0.25) is 0 Å². The molecular weight excluding hydrogens is 278 g/mol. The lowest BCUT2D eigenvalue weighted by Gasteiger charge is -2.29. The Labute approximate surface area is 133 Å². The number of carbonyl (C=O) groups is 1. The number of hydrogen-bond acceptors (Lipinski definition) is 3. The lowest BCUT2D eigenvalue weighted by atomic mass is 10.1. The maximum atomic E-state index is 12.0. The van der Waals surface area contributed by atoms with Gasteiger partial charge in [0.1, 0.15) is 5.76 Å². The molecule has 1 aliphatic rings. The van der Waals surface area contributed by atoms with Gasteiger partial charge in [-0.15, -0.1) is 0 Å². The van der Waals surface area contributed by atoms with Crippen LogP contribution in [0.3, 0.4) is 0 Å². The predicted molar refractivity (Wildman–Crippen MR) is 87.8 cm³/mol. The van der Waals surface area contributed by atoms with Crippen LogP contribution in [0.1, 0.15) is 57.8 Å². The third kappa shape index (κ3) is 5.05. The largest absolute Gasteiger partial charge is 0.468 e.